The molecule has 11 nitrogen and oxygen atoms in total. The third kappa shape index (κ3) is 3.53. The van der Waals surface area contributed by atoms with Gasteiger partial charge in [0.1, 0.15) is 23.8 Å². The molecule has 2 aliphatic rings. The van der Waals surface area contributed by atoms with Gasteiger partial charge in [0, 0.05) is 6.21 Å². The number of aliphatic hydroxyl groups is 3. The number of anilines is 2. The molecule has 0 amide bonds. The zero-order valence-electron chi connectivity index (χ0n) is 15.3. The number of imidazole rings is 1. The van der Waals surface area contributed by atoms with Gasteiger partial charge in [0.05, 0.1) is 12.9 Å². The van der Waals surface area contributed by atoms with Crippen LogP contribution in [0.25, 0.3) is 11.2 Å². The molecule has 1 aliphatic heterocycles. The van der Waals surface area contributed by atoms with Crippen LogP contribution in [0.1, 0.15) is 38.3 Å². The van der Waals surface area contributed by atoms with Crippen molar-refractivity contribution in [3.63, 3.8) is 0 Å². The Morgan fingerprint density at radius 3 is 2.75 bits per heavy atom. The van der Waals surface area contributed by atoms with Crippen molar-refractivity contribution in [2.24, 2.45) is 11.0 Å². The Morgan fingerprint density at radius 1 is 1.25 bits per heavy atom. The lowest BCUT2D eigenvalue weighted by atomic mass is 9.90. The van der Waals surface area contributed by atoms with E-state index in [1.54, 1.807) is 0 Å². The minimum Gasteiger partial charge on any atom is -0.394 e. The van der Waals surface area contributed by atoms with Gasteiger partial charge in [0.2, 0.25) is 5.95 Å². The van der Waals surface area contributed by atoms with Crippen LogP contribution >= 0.6 is 0 Å². The summed E-state index contributed by atoms with van der Waals surface area (Å²) in [6.07, 6.45) is 4.95. The van der Waals surface area contributed by atoms with Gasteiger partial charge < -0.3 is 25.8 Å². The molecule has 0 aromatic carbocycles. The molecule has 152 valence electrons. The molecule has 2 fully saturated rings. The van der Waals surface area contributed by atoms with Crippen molar-refractivity contribution in [3.8, 4) is 0 Å². The third-order valence-corrected chi connectivity index (χ3v) is 5.34. The molecule has 0 bridgehead atoms. The second-order valence-corrected chi connectivity index (χ2v) is 7.27. The molecule has 4 atom stereocenters. The van der Waals surface area contributed by atoms with Crippen LogP contribution < -0.4 is 11.2 Å². The molecule has 1 aliphatic carbocycles. The van der Waals surface area contributed by atoms with Crippen molar-refractivity contribution in [2.45, 2.75) is 56.6 Å². The van der Waals surface area contributed by atoms with Crippen molar-refractivity contribution in [1.82, 2.24) is 19.5 Å². The number of rotatable bonds is 5. The van der Waals surface area contributed by atoms with Crippen LogP contribution in [0, 0.1) is 5.92 Å². The molecule has 0 radical (unpaired) electrons. The predicted molar refractivity (Wildman–Crippen MR) is 101 cm³/mol. The molecular weight excluding hydrogens is 366 g/mol. The largest absolute Gasteiger partial charge is 0.394 e. The second kappa shape index (κ2) is 7.95. The van der Waals surface area contributed by atoms with Crippen LogP contribution in [0.2, 0.25) is 0 Å². The Kier molecular flexibility index (Phi) is 5.40. The van der Waals surface area contributed by atoms with E-state index in [1.165, 1.54) is 30.2 Å². The Morgan fingerprint density at radius 2 is 2.04 bits per heavy atom. The second-order valence-electron chi connectivity index (χ2n) is 7.27. The first kappa shape index (κ1) is 19.0. The van der Waals surface area contributed by atoms with Crippen molar-refractivity contribution >= 4 is 29.1 Å². The first-order valence-corrected chi connectivity index (χ1v) is 9.50. The molecule has 2 aromatic rings. The molecule has 1 saturated heterocycles. The standard InChI is InChI=1S/C17H25N7O4/c18-14-11-15(22-17(21-14)23-20-6-9-4-2-1-3-5-9)24(8-19-11)16-13(27)12(26)10(7-25)28-16/h6,8-10,12-13,16,25-27H,1-5,7H2,(H3,18,21,22,23)/b20-6+/t10-,12-,13-,16-/m1/s1. The number of hydrazone groups is 1. The molecule has 0 spiro atoms. The van der Waals surface area contributed by atoms with Crippen LogP contribution in [0.5, 0.6) is 0 Å². The van der Waals surface area contributed by atoms with Gasteiger partial charge >= 0.3 is 0 Å². The van der Waals surface area contributed by atoms with E-state index < -0.39 is 31.1 Å². The summed E-state index contributed by atoms with van der Waals surface area (Å²) < 4.78 is 7.01. The van der Waals surface area contributed by atoms with E-state index in [9.17, 15) is 15.3 Å². The number of nitrogens with two attached hydrogens (primary N) is 1. The van der Waals surface area contributed by atoms with E-state index in [-0.39, 0.29) is 11.8 Å². The van der Waals surface area contributed by atoms with Crippen LogP contribution in [0.3, 0.4) is 0 Å². The molecular formula is C17H25N7O4. The lowest BCUT2D eigenvalue weighted by molar-refractivity contribution is -0.0511. The highest BCUT2D eigenvalue weighted by atomic mass is 16.6. The molecule has 1 saturated carbocycles. The first-order chi connectivity index (χ1) is 13.6. The van der Waals surface area contributed by atoms with Gasteiger partial charge in [-0.2, -0.15) is 15.1 Å². The number of nitrogens with one attached hydrogen (secondary N) is 1. The van der Waals surface area contributed by atoms with E-state index >= 15 is 0 Å². The minimum atomic E-state index is -1.24. The van der Waals surface area contributed by atoms with Crippen molar-refractivity contribution in [2.75, 3.05) is 17.8 Å². The summed E-state index contributed by atoms with van der Waals surface area (Å²) in [4.78, 5) is 12.7. The van der Waals surface area contributed by atoms with Crippen LogP contribution in [-0.4, -0.2) is 66.0 Å². The zero-order chi connectivity index (χ0) is 19.7. The van der Waals surface area contributed by atoms with Gasteiger partial charge in [-0.25, -0.2) is 10.4 Å². The molecule has 3 heterocycles. The highest BCUT2D eigenvalue weighted by Gasteiger charge is 2.44. The monoisotopic (exact) mass is 391 g/mol. The van der Waals surface area contributed by atoms with Crippen LogP contribution in [0.4, 0.5) is 11.8 Å². The molecule has 4 rings (SSSR count). The van der Waals surface area contributed by atoms with E-state index in [1.807, 2.05) is 6.21 Å². The number of nitrogens with zero attached hydrogens (tertiary/aromatic N) is 5. The lowest BCUT2D eigenvalue weighted by Gasteiger charge is -2.17. The lowest BCUT2D eigenvalue weighted by Crippen LogP contribution is -2.33. The van der Waals surface area contributed by atoms with E-state index in [2.05, 4.69) is 25.5 Å². The summed E-state index contributed by atoms with van der Waals surface area (Å²) >= 11 is 0. The van der Waals surface area contributed by atoms with Crippen LogP contribution in [0.15, 0.2) is 11.4 Å². The Balaban J connectivity index is 1.57. The van der Waals surface area contributed by atoms with E-state index in [0.29, 0.717) is 17.1 Å². The zero-order valence-corrected chi connectivity index (χ0v) is 15.3. The number of fused-ring (bicyclic) bond motifs is 1. The topological polar surface area (TPSA) is 164 Å². The summed E-state index contributed by atoms with van der Waals surface area (Å²) in [5.74, 6) is 0.809. The molecule has 2 aromatic heterocycles. The maximum Gasteiger partial charge on any atom is 0.247 e. The summed E-state index contributed by atoms with van der Waals surface area (Å²) in [7, 11) is 0. The van der Waals surface area contributed by atoms with Gasteiger partial charge in [-0.05, 0) is 18.8 Å². The smallest absolute Gasteiger partial charge is 0.247 e. The SMILES string of the molecule is Nc1nc(N/N=C/C2CCCCC2)nc2c1ncn2[C@@H]1O[C@H](CO)[C@@H](O)[C@H]1O. The average molecular weight is 391 g/mol. The van der Waals surface area contributed by atoms with Crippen molar-refractivity contribution < 1.29 is 20.1 Å². The predicted octanol–water partition coefficient (Wildman–Crippen LogP) is -0.00200. The van der Waals surface area contributed by atoms with Gasteiger partial charge in [-0.3, -0.25) is 4.57 Å². The highest BCUT2D eigenvalue weighted by Crippen LogP contribution is 2.32. The highest BCUT2D eigenvalue weighted by molar-refractivity contribution is 5.83. The fourth-order valence-electron chi connectivity index (χ4n) is 3.77. The van der Waals surface area contributed by atoms with Crippen molar-refractivity contribution in [3.05, 3.63) is 6.33 Å². The van der Waals surface area contributed by atoms with Gasteiger partial charge in [-0.15, -0.1) is 0 Å². The molecule has 11 heteroatoms. The van der Waals surface area contributed by atoms with Gasteiger partial charge in [0.15, 0.2) is 17.7 Å². The fourth-order valence-corrected chi connectivity index (χ4v) is 3.77. The van der Waals surface area contributed by atoms with Crippen LogP contribution in [-0.2, 0) is 4.74 Å². The summed E-state index contributed by atoms with van der Waals surface area (Å²) in [5, 5.41) is 33.8. The molecule has 28 heavy (non-hydrogen) atoms. The maximum atomic E-state index is 10.3. The number of nitrogen functional groups attached to an aromatic ring is 1. The first-order valence-electron chi connectivity index (χ1n) is 9.50. The van der Waals surface area contributed by atoms with Crippen molar-refractivity contribution in [1.29, 1.82) is 0 Å². The number of aliphatic hydroxyl groups excluding tert-OH is 3. The molecule has 0 unspecified atom stereocenters. The summed E-state index contributed by atoms with van der Waals surface area (Å²) in [6.45, 7) is -0.416. The van der Waals surface area contributed by atoms with E-state index in [4.69, 9.17) is 10.5 Å². The number of hydrogen-bond donors (Lipinski definition) is 5. The number of aromatic nitrogens is 4. The quantitative estimate of drug-likeness (QED) is 0.348. The Labute approximate surface area is 161 Å². The summed E-state index contributed by atoms with van der Waals surface area (Å²) in [5.41, 5.74) is 9.47. The molecule has 6 N–H and O–H groups in total. The van der Waals surface area contributed by atoms with E-state index in [0.717, 1.165) is 12.8 Å². The summed E-state index contributed by atoms with van der Waals surface area (Å²) in [6, 6.07) is 0. The average Bonchev–Trinajstić information content (AvgIpc) is 3.24. The number of hydrogen-bond acceptors (Lipinski definition) is 10. The van der Waals surface area contributed by atoms with Gasteiger partial charge in [0.25, 0.3) is 0 Å². The maximum absolute atomic E-state index is 10.3. The van der Waals surface area contributed by atoms with Gasteiger partial charge in [-0.1, -0.05) is 19.3 Å². The Bertz CT molecular complexity index is 851. The third-order valence-electron chi connectivity index (χ3n) is 5.34. The number of ether oxygens (including phenoxy) is 1. The minimum absolute atomic E-state index is 0.158. The normalized spacial score (nSPS) is 29.1. The Hall–Kier alpha value is -2.34. The fraction of sp³-hybridized carbons (Fsp3) is 0.647.